The molecule has 1 aromatic carbocycles. The predicted octanol–water partition coefficient (Wildman–Crippen LogP) is 0.864. The summed E-state index contributed by atoms with van der Waals surface area (Å²) in [7, 11) is 0. The van der Waals surface area contributed by atoms with E-state index in [1.807, 2.05) is 12.1 Å². The van der Waals surface area contributed by atoms with Gasteiger partial charge in [0.2, 0.25) is 11.8 Å². The van der Waals surface area contributed by atoms with Crippen LogP contribution in [0.4, 0.5) is 0 Å². The van der Waals surface area contributed by atoms with E-state index >= 15 is 0 Å². The van der Waals surface area contributed by atoms with Crippen LogP contribution in [-0.4, -0.2) is 53.2 Å². The second-order valence-corrected chi connectivity index (χ2v) is 8.40. The smallest absolute Gasteiger partial charge is 0.255 e. The van der Waals surface area contributed by atoms with Gasteiger partial charge in [0.1, 0.15) is 6.04 Å². The highest BCUT2D eigenvalue weighted by Gasteiger charge is 2.39. The molecule has 28 heavy (non-hydrogen) atoms. The van der Waals surface area contributed by atoms with E-state index in [-0.39, 0.29) is 24.1 Å². The molecule has 3 aliphatic rings. The normalized spacial score (nSPS) is 28.0. The Balaban J connectivity index is 1.44. The molecule has 150 valence electrons. The van der Waals surface area contributed by atoms with Crippen LogP contribution in [0.25, 0.3) is 0 Å². The van der Waals surface area contributed by atoms with Crippen molar-refractivity contribution in [2.45, 2.75) is 45.3 Å². The lowest BCUT2D eigenvalue weighted by Gasteiger charge is -2.29. The number of hydrogen-bond acceptors (Lipinski definition) is 5. The summed E-state index contributed by atoms with van der Waals surface area (Å²) in [6.45, 7) is 6.46. The molecule has 7 heteroatoms. The summed E-state index contributed by atoms with van der Waals surface area (Å²) in [5.41, 5.74) is 8.57. The Kier molecular flexibility index (Phi) is 5.21. The fourth-order valence-corrected chi connectivity index (χ4v) is 4.85. The van der Waals surface area contributed by atoms with Gasteiger partial charge in [-0.15, -0.1) is 0 Å². The summed E-state index contributed by atoms with van der Waals surface area (Å²) in [5.74, 6) is 0.565. The van der Waals surface area contributed by atoms with Crippen LogP contribution in [0.2, 0.25) is 0 Å². The van der Waals surface area contributed by atoms with Gasteiger partial charge in [0, 0.05) is 38.2 Å². The van der Waals surface area contributed by atoms with Crippen LogP contribution in [0.3, 0.4) is 0 Å². The van der Waals surface area contributed by atoms with Crippen LogP contribution >= 0.6 is 0 Å². The highest BCUT2D eigenvalue weighted by Crippen LogP contribution is 2.30. The maximum atomic E-state index is 12.8. The Morgan fingerprint density at radius 3 is 2.79 bits per heavy atom. The summed E-state index contributed by atoms with van der Waals surface area (Å²) in [5, 5.41) is 2.34. The number of nitrogens with two attached hydrogens (primary N) is 1. The third kappa shape index (κ3) is 3.56. The SMILES string of the molecule is C[C@@H]1CN(Cc2ccc3c(c2)CN(C2CCC(=O)NC2=O)C3=O)C[C@H]1CCN. The largest absolute Gasteiger partial charge is 0.330 e. The van der Waals surface area contributed by atoms with Gasteiger partial charge in [0.25, 0.3) is 5.91 Å². The van der Waals surface area contributed by atoms with Crippen molar-refractivity contribution in [3.05, 3.63) is 34.9 Å². The molecule has 0 bridgehead atoms. The molecular weight excluding hydrogens is 356 g/mol. The standard InChI is InChI=1S/C21H28N4O3/c1-13-9-24(11-15(13)6-7-22)10-14-2-3-17-16(8-14)12-25(21(17)28)18-4-5-19(26)23-20(18)27/h2-3,8,13,15,18H,4-7,9-12,22H2,1H3,(H,23,26,27)/t13-,15-,18?/m1/s1. The van der Waals surface area contributed by atoms with Gasteiger partial charge >= 0.3 is 0 Å². The van der Waals surface area contributed by atoms with Gasteiger partial charge in [0.15, 0.2) is 0 Å². The molecule has 1 aromatic rings. The lowest BCUT2D eigenvalue weighted by molar-refractivity contribution is -0.136. The van der Waals surface area contributed by atoms with Crippen molar-refractivity contribution >= 4 is 17.7 Å². The molecule has 0 radical (unpaired) electrons. The van der Waals surface area contributed by atoms with E-state index in [4.69, 9.17) is 5.73 Å². The predicted molar refractivity (Wildman–Crippen MR) is 104 cm³/mol. The van der Waals surface area contributed by atoms with Crippen LogP contribution in [0.1, 0.15) is 47.7 Å². The van der Waals surface area contributed by atoms with Crippen molar-refractivity contribution in [1.82, 2.24) is 15.1 Å². The number of piperidine rings is 1. The third-order valence-electron chi connectivity index (χ3n) is 6.38. The molecule has 1 unspecified atom stereocenters. The molecule has 0 aliphatic carbocycles. The highest BCUT2D eigenvalue weighted by molar-refractivity contribution is 6.05. The number of nitrogens with one attached hydrogen (secondary N) is 1. The van der Waals surface area contributed by atoms with E-state index in [0.29, 0.717) is 30.4 Å². The van der Waals surface area contributed by atoms with E-state index in [9.17, 15) is 14.4 Å². The zero-order valence-electron chi connectivity index (χ0n) is 16.3. The molecular formula is C21H28N4O3. The molecule has 3 aliphatic heterocycles. The second-order valence-electron chi connectivity index (χ2n) is 8.40. The molecule has 2 fully saturated rings. The Labute approximate surface area is 165 Å². The van der Waals surface area contributed by atoms with E-state index in [1.165, 1.54) is 5.56 Å². The first-order valence-electron chi connectivity index (χ1n) is 10.1. The van der Waals surface area contributed by atoms with Gasteiger partial charge in [-0.25, -0.2) is 0 Å². The molecule has 2 saturated heterocycles. The van der Waals surface area contributed by atoms with Gasteiger partial charge < -0.3 is 10.6 Å². The van der Waals surface area contributed by atoms with Crippen molar-refractivity contribution in [2.24, 2.45) is 17.6 Å². The molecule has 0 saturated carbocycles. The van der Waals surface area contributed by atoms with Gasteiger partial charge in [-0.2, -0.15) is 0 Å². The topological polar surface area (TPSA) is 95.7 Å². The summed E-state index contributed by atoms with van der Waals surface area (Å²) in [4.78, 5) is 40.4. The average molecular weight is 384 g/mol. The molecule has 3 heterocycles. The molecule has 0 spiro atoms. The molecule has 0 aromatic heterocycles. The molecule has 4 rings (SSSR count). The van der Waals surface area contributed by atoms with Crippen molar-refractivity contribution in [3.63, 3.8) is 0 Å². The van der Waals surface area contributed by atoms with Gasteiger partial charge in [0.05, 0.1) is 0 Å². The summed E-state index contributed by atoms with van der Waals surface area (Å²) in [6.07, 6.45) is 1.74. The van der Waals surface area contributed by atoms with Crippen LogP contribution in [0, 0.1) is 11.8 Å². The maximum Gasteiger partial charge on any atom is 0.255 e. The number of amides is 3. The minimum Gasteiger partial charge on any atom is -0.330 e. The fraction of sp³-hybridized carbons (Fsp3) is 0.571. The lowest BCUT2D eigenvalue weighted by atomic mass is 9.95. The van der Waals surface area contributed by atoms with Crippen LogP contribution in [0.15, 0.2) is 18.2 Å². The Hall–Kier alpha value is -2.25. The monoisotopic (exact) mass is 384 g/mol. The van der Waals surface area contributed by atoms with Gasteiger partial charge in [-0.1, -0.05) is 19.1 Å². The summed E-state index contributed by atoms with van der Waals surface area (Å²) < 4.78 is 0. The minimum atomic E-state index is -0.558. The zero-order valence-corrected chi connectivity index (χ0v) is 16.3. The van der Waals surface area contributed by atoms with E-state index in [1.54, 1.807) is 4.90 Å². The highest BCUT2D eigenvalue weighted by atomic mass is 16.2. The summed E-state index contributed by atoms with van der Waals surface area (Å²) >= 11 is 0. The first kappa shape index (κ1) is 19.1. The number of hydrogen-bond donors (Lipinski definition) is 2. The lowest BCUT2D eigenvalue weighted by Crippen LogP contribution is -2.52. The van der Waals surface area contributed by atoms with E-state index in [0.717, 1.165) is 38.2 Å². The number of rotatable bonds is 5. The number of carbonyl (C=O) groups is 3. The van der Waals surface area contributed by atoms with Gasteiger partial charge in [-0.05, 0) is 48.4 Å². The zero-order chi connectivity index (χ0) is 19.8. The van der Waals surface area contributed by atoms with E-state index in [2.05, 4.69) is 23.2 Å². The number of benzene rings is 1. The summed E-state index contributed by atoms with van der Waals surface area (Å²) in [6, 6.07) is 5.44. The molecule has 3 atom stereocenters. The van der Waals surface area contributed by atoms with Crippen molar-refractivity contribution < 1.29 is 14.4 Å². The Bertz CT molecular complexity index is 809. The van der Waals surface area contributed by atoms with Crippen molar-refractivity contribution in [3.8, 4) is 0 Å². The number of carbonyl (C=O) groups excluding carboxylic acids is 3. The van der Waals surface area contributed by atoms with E-state index < -0.39 is 6.04 Å². The Morgan fingerprint density at radius 2 is 2.04 bits per heavy atom. The average Bonchev–Trinajstić information content (AvgIpc) is 3.15. The molecule has 3 N–H and O–H groups in total. The second kappa shape index (κ2) is 7.64. The van der Waals surface area contributed by atoms with Crippen LogP contribution < -0.4 is 11.1 Å². The van der Waals surface area contributed by atoms with Crippen molar-refractivity contribution in [2.75, 3.05) is 19.6 Å². The molecule has 7 nitrogen and oxygen atoms in total. The van der Waals surface area contributed by atoms with Crippen LogP contribution in [-0.2, 0) is 22.7 Å². The number of nitrogens with zero attached hydrogens (tertiary/aromatic N) is 2. The minimum absolute atomic E-state index is 0.117. The molecule has 3 amide bonds. The number of imide groups is 1. The first-order chi connectivity index (χ1) is 13.5. The van der Waals surface area contributed by atoms with Crippen LogP contribution in [0.5, 0.6) is 0 Å². The maximum absolute atomic E-state index is 12.8. The van der Waals surface area contributed by atoms with Crippen molar-refractivity contribution in [1.29, 1.82) is 0 Å². The Morgan fingerprint density at radius 1 is 1.21 bits per heavy atom. The number of fused-ring (bicyclic) bond motifs is 1. The third-order valence-corrected chi connectivity index (χ3v) is 6.38. The first-order valence-corrected chi connectivity index (χ1v) is 10.1. The fourth-order valence-electron chi connectivity index (χ4n) is 4.85. The quantitative estimate of drug-likeness (QED) is 0.735. The number of likely N-dealkylation sites (tertiary alicyclic amines) is 1. The van der Waals surface area contributed by atoms with Gasteiger partial charge in [-0.3, -0.25) is 24.6 Å².